The lowest BCUT2D eigenvalue weighted by atomic mass is 9.71. The summed E-state index contributed by atoms with van der Waals surface area (Å²) >= 11 is 0. The summed E-state index contributed by atoms with van der Waals surface area (Å²) < 4.78 is 5.98. The van der Waals surface area contributed by atoms with E-state index in [1.54, 1.807) is 6.92 Å². The Labute approximate surface area is 149 Å². The Hall–Kier alpha value is -2.09. The van der Waals surface area contributed by atoms with E-state index in [2.05, 4.69) is 74.5 Å². The van der Waals surface area contributed by atoms with Crippen molar-refractivity contribution < 1.29 is 9.53 Å². The molecule has 4 fully saturated rings. The maximum atomic E-state index is 11.9. The lowest BCUT2D eigenvalue weighted by molar-refractivity contribution is -0.153. The molecule has 6 atom stereocenters. The van der Waals surface area contributed by atoms with Gasteiger partial charge in [-0.25, -0.2) is 0 Å². The first-order valence-electron chi connectivity index (χ1n) is 9.25. The van der Waals surface area contributed by atoms with Crippen LogP contribution in [-0.4, -0.2) is 12.1 Å². The molecular weight excluding hydrogens is 308 g/mol. The van der Waals surface area contributed by atoms with Gasteiger partial charge in [-0.3, -0.25) is 4.79 Å². The van der Waals surface area contributed by atoms with E-state index in [9.17, 15) is 4.79 Å². The zero-order valence-corrected chi connectivity index (χ0v) is 15.0. The van der Waals surface area contributed by atoms with Gasteiger partial charge >= 0.3 is 5.97 Å². The van der Waals surface area contributed by atoms with Gasteiger partial charge in [0.15, 0.2) is 0 Å². The molecule has 0 radical (unpaired) electrons. The Morgan fingerprint density at radius 2 is 1.60 bits per heavy atom. The molecule has 4 saturated carbocycles. The van der Waals surface area contributed by atoms with Crippen molar-refractivity contribution in [3.63, 3.8) is 0 Å². The van der Waals surface area contributed by atoms with Crippen molar-refractivity contribution in [1.82, 2.24) is 0 Å². The number of hydrogen-bond donors (Lipinski definition) is 0. The average Bonchev–Trinajstić information content (AvgIpc) is 2.83. The summed E-state index contributed by atoms with van der Waals surface area (Å²) in [6, 6.07) is 21.8. The lowest BCUT2D eigenvalue weighted by Crippen LogP contribution is -2.34. The van der Waals surface area contributed by atoms with Crippen LogP contribution in [0.1, 0.15) is 44.2 Å². The van der Waals surface area contributed by atoms with Crippen molar-refractivity contribution in [2.45, 2.75) is 44.6 Å². The standard InChI is InChI=1S/C23H24O2/c1-15(24)25-20-21(2)14-18-22(20,3)23(18,17-12-8-5-9-13-17)19(21)16-10-6-4-7-11-16/h4-13,18-20H,14H2,1-3H3/t18-,19+,20-,21-,22+,23-/m0/s1. The first kappa shape index (κ1) is 15.2. The second-order valence-electron chi connectivity index (χ2n) is 8.61. The predicted molar refractivity (Wildman–Crippen MR) is 97.2 cm³/mol. The Morgan fingerprint density at radius 1 is 1.00 bits per heavy atom. The van der Waals surface area contributed by atoms with Crippen molar-refractivity contribution in [1.29, 1.82) is 0 Å². The van der Waals surface area contributed by atoms with Crippen molar-refractivity contribution >= 4 is 5.97 Å². The second-order valence-corrected chi connectivity index (χ2v) is 8.61. The lowest BCUT2D eigenvalue weighted by Gasteiger charge is -2.34. The normalized spacial score (nSPS) is 43.1. The van der Waals surface area contributed by atoms with Crippen molar-refractivity contribution in [2.24, 2.45) is 16.7 Å². The summed E-state index contributed by atoms with van der Waals surface area (Å²) in [5, 5.41) is 0. The molecule has 2 aromatic rings. The van der Waals surface area contributed by atoms with Gasteiger partial charge in [0.05, 0.1) is 0 Å². The minimum absolute atomic E-state index is 0.00226. The van der Waals surface area contributed by atoms with Gasteiger partial charge in [-0.15, -0.1) is 0 Å². The van der Waals surface area contributed by atoms with Gasteiger partial charge in [0.25, 0.3) is 0 Å². The van der Waals surface area contributed by atoms with Gasteiger partial charge in [-0.05, 0) is 23.5 Å². The van der Waals surface area contributed by atoms with E-state index >= 15 is 0 Å². The van der Waals surface area contributed by atoms with Crippen LogP contribution in [0.5, 0.6) is 0 Å². The van der Waals surface area contributed by atoms with Crippen LogP contribution in [0.4, 0.5) is 0 Å². The highest BCUT2D eigenvalue weighted by molar-refractivity contribution is 5.68. The third-order valence-electron chi connectivity index (χ3n) is 7.65. The number of hydrogen-bond acceptors (Lipinski definition) is 2. The molecule has 0 amide bonds. The fourth-order valence-electron chi connectivity index (χ4n) is 7.18. The van der Waals surface area contributed by atoms with Crippen LogP contribution in [0.3, 0.4) is 0 Å². The topological polar surface area (TPSA) is 26.3 Å². The Kier molecular flexibility index (Phi) is 2.76. The number of carbonyl (C=O) groups is 1. The molecule has 128 valence electrons. The first-order valence-corrected chi connectivity index (χ1v) is 9.25. The van der Waals surface area contributed by atoms with E-state index in [-0.39, 0.29) is 28.3 Å². The van der Waals surface area contributed by atoms with E-state index in [1.165, 1.54) is 11.1 Å². The van der Waals surface area contributed by atoms with Gasteiger partial charge in [0.1, 0.15) is 6.10 Å². The molecule has 2 heteroatoms. The van der Waals surface area contributed by atoms with E-state index < -0.39 is 0 Å². The quantitative estimate of drug-likeness (QED) is 0.762. The summed E-state index contributed by atoms with van der Waals surface area (Å²) in [4.78, 5) is 11.9. The van der Waals surface area contributed by atoms with Gasteiger partial charge < -0.3 is 4.74 Å². The molecule has 0 saturated heterocycles. The molecule has 4 aliphatic carbocycles. The van der Waals surface area contributed by atoms with E-state index in [1.807, 2.05) is 0 Å². The monoisotopic (exact) mass is 332 g/mol. The highest BCUT2D eigenvalue weighted by Gasteiger charge is 2.95. The van der Waals surface area contributed by atoms with Crippen LogP contribution >= 0.6 is 0 Å². The molecule has 0 unspecified atom stereocenters. The summed E-state index contributed by atoms with van der Waals surface area (Å²) in [6.45, 7) is 6.24. The Morgan fingerprint density at radius 3 is 2.20 bits per heavy atom. The third kappa shape index (κ3) is 1.51. The molecule has 6 rings (SSSR count). The van der Waals surface area contributed by atoms with Crippen molar-refractivity contribution in [3.8, 4) is 0 Å². The largest absolute Gasteiger partial charge is 0.461 e. The van der Waals surface area contributed by atoms with Crippen LogP contribution in [0.15, 0.2) is 60.7 Å². The van der Waals surface area contributed by atoms with Crippen molar-refractivity contribution in [2.75, 3.05) is 0 Å². The summed E-state index contributed by atoms with van der Waals surface area (Å²) in [6.07, 6.45) is 1.13. The zero-order chi connectivity index (χ0) is 17.4. The first-order chi connectivity index (χ1) is 12.0. The maximum absolute atomic E-state index is 11.9. The molecule has 0 aliphatic heterocycles. The minimum Gasteiger partial charge on any atom is -0.461 e. The van der Waals surface area contributed by atoms with E-state index in [0.29, 0.717) is 11.8 Å². The minimum atomic E-state index is -0.152. The molecule has 2 nitrogen and oxygen atoms in total. The SMILES string of the molecule is CC(=O)O[C@H]1[C@@]2(C)C[C@H]3[C@@]1(C)[C@]3(c1ccccc1)[C@@H]2c1ccccc1. The highest BCUT2D eigenvalue weighted by atomic mass is 16.5. The van der Waals surface area contributed by atoms with Crippen LogP contribution in [-0.2, 0) is 14.9 Å². The molecule has 4 aliphatic rings. The third-order valence-corrected chi connectivity index (χ3v) is 7.65. The number of benzene rings is 2. The predicted octanol–water partition coefficient (Wildman–Crippen LogP) is 4.70. The van der Waals surface area contributed by atoms with Gasteiger partial charge in [-0.1, -0.05) is 74.5 Å². The number of esters is 1. The molecular formula is C23H24O2. The van der Waals surface area contributed by atoms with Crippen molar-refractivity contribution in [3.05, 3.63) is 71.8 Å². The number of ether oxygens (including phenoxy) is 1. The zero-order valence-electron chi connectivity index (χ0n) is 15.0. The number of rotatable bonds is 3. The molecule has 2 aromatic carbocycles. The second kappa shape index (κ2) is 4.55. The molecule has 0 aromatic heterocycles. The highest BCUT2D eigenvalue weighted by Crippen LogP contribution is 2.94. The van der Waals surface area contributed by atoms with E-state index in [4.69, 9.17) is 4.74 Å². The molecule has 0 spiro atoms. The van der Waals surface area contributed by atoms with Gasteiger partial charge in [0.2, 0.25) is 0 Å². The van der Waals surface area contributed by atoms with Crippen LogP contribution < -0.4 is 0 Å². The fraction of sp³-hybridized carbons (Fsp3) is 0.435. The molecule has 0 N–H and O–H groups in total. The van der Waals surface area contributed by atoms with Crippen LogP contribution in [0.2, 0.25) is 0 Å². The average molecular weight is 332 g/mol. The number of carbonyl (C=O) groups excluding carboxylic acids is 1. The summed E-state index contributed by atoms with van der Waals surface area (Å²) in [5.74, 6) is 0.825. The summed E-state index contributed by atoms with van der Waals surface area (Å²) in [7, 11) is 0. The molecule has 25 heavy (non-hydrogen) atoms. The maximum Gasteiger partial charge on any atom is 0.302 e. The van der Waals surface area contributed by atoms with Gasteiger partial charge in [0, 0.05) is 29.1 Å². The van der Waals surface area contributed by atoms with Crippen LogP contribution in [0, 0.1) is 16.7 Å². The fourth-order valence-corrected chi connectivity index (χ4v) is 7.18. The Balaban J connectivity index is 1.74. The summed E-state index contributed by atoms with van der Waals surface area (Å²) in [5.41, 5.74) is 2.92. The molecule has 4 bridgehead atoms. The van der Waals surface area contributed by atoms with Gasteiger partial charge in [-0.2, -0.15) is 0 Å². The Bertz CT molecular complexity index is 841. The van der Waals surface area contributed by atoms with E-state index in [0.717, 1.165) is 6.42 Å². The smallest absolute Gasteiger partial charge is 0.302 e. The van der Waals surface area contributed by atoms with Crippen LogP contribution in [0.25, 0.3) is 0 Å². The molecule has 0 heterocycles.